The molecule has 0 spiro atoms. The molecule has 1 atom stereocenters. The molecule has 0 amide bonds. The highest BCUT2D eigenvalue weighted by atomic mass is 127. The molecule has 0 saturated heterocycles. The van der Waals surface area contributed by atoms with Crippen LogP contribution in [0.1, 0.15) is 15.9 Å². The van der Waals surface area contributed by atoms with E-state index in [2.05, 4.69) is 22.0 Å². The minimum absolute atomic E-state index is 0.0794. The highest BCUT2D eigenvalue weighted by Crippen LogP contribution is 2.32. The minimum Gasteiger partial charge on any atom is -0.507 e. The number of phenolic OH excluding ortho intramolecular Hbond substituents is 1. The monoisotopic (exact) mass is 340 g/mol. The molecule has 1 aromatic carbocycles. The van der Waals surface area contributed by atoms with Crippen LogP contribution in [0.2, 0.25) is 0 Å². The third-order valence-electron chi connectivity index (χ3n) is 1.79. The number of rotatable bonds is 5. The van der Waals surface area contributed by atoms with Crippen LogP contribution in [0, 0.1) is 0 Å². The topological polar surface area (TPSA) is 55.8 Å². The average molecular weight is 340 g/mol. The van der Waals surface area contributed by atoms with E-state index < -0.39 is 0 Å². The molecule has 1 rings (SSSR count). The molecule has 0 fully saturated rings. The summed E-state index contributed by atoms with van der Waals surface area (Å²) in [6, 6.07) is 3.12. The van der Waals surface area contributed by atoms with Crippen LogP contribution in [0.15, 0.2) is 12.1 Å². The predicted molar refractivity (Wildman–Crippen MR) is 67.2 cm³/mol. The van der Waals surface area contributed by atoms with Crippen molar-refractivity contribution in [1.82, 2.24) is 0 Å². The molecule has 0 heterocycles. The highest BCUT2D eigenvalue weighted by Gasteiger charge is 2.10. The summed E-state index contributed by atoms with van der Waals surface area (Å²) in [6.45, 7) is 0.524. The Hall–Kier alpha value is -0.390. The van der Waals surface area contributed by atoms with Gasteiger partial charge in [0.2, 0.25) is 0 Å². The zero-order valence-electron chi connectivity index (χ0n) is 7.99. The Kier molecular flexibility index (Phi) is 5.28. The lowest BCUT2D eigenvalue weighted by Gasteiger charge is -2.09. The Bertz CT molecular complexity index is 356. The van der Waals surface area contributed by atoms with E-state index in [0.717, 1.165) is 0 Å². The van der Waals surface area contributed by atoms with Crippen molar-refractivity contribution in [2.45, 2.75) is 6.61 Å². The molecular formula is C9H10IO4P. The highest BCUT2D eigenvalue weighted by molar-refractivity contribution is 14.2. The largest absolute Gasteiger partial charge is 0.507 e. The number of aldehydes is 1. The first-order valence-corrected chi connectivity index (χ1v) is 8.07. The van der Waals surface area contributed by atoms with Crippen LogP contribution in [-0.2, 0) is 11.3 Å². The van der Waals surface area contributed by atoms with E-state index in [1.807, 2.05) is 0 Å². The van der Waals surface area contributed by atoms with E-state index in [1.54, 1.807) is 6.07 Å². The lowest BCUT2D eigenvalue weighted by atomic mass is 10.1. The second-order valence-electron chi connectivity index (χ2n) is 2.75. The van der Waals surface area contributed by atoms with Gasteiger partial charge < -0.3 is 14.4 Å². The van der Waals surface area contributed by atoms with Crippen molar-refractivity contribution in [3.8, 4) is 11.5 Å². The first-order chi connectivity index (χ1) is 7.22. The van der Waals surface area contributed by atoms with Gasteiger partial charge in [0.1, 0.15) is 17.9 Å². The normalized spacial score (nSPS) is 10.8. The zero-order valence-corrected chi connectivity index (χ0v) is 11.1. The fraction of sp³-hybridized carbons (Fsp3) is 0.222. The molecule has 0 saturated carbocycles. The fourth-order valence-corrected chi connectivity index (χ4v) is 2.15. The number of aromatic hydroxyl groups is 1. The van der Waals surface area contributed by atoms with Gasteiger partial charge in [-0.1, -0.05) is 0 Å². The van der Waals surface area contributed by atoms with Crippen molar-refractivity contribution in [3.63, 3.8) is 0 Å². The third-order valence-corrected chi connectivity index (χ3v) is 2.76. The van der Waals surface area contributed by atoms with Crippen LogP contribution in [0.4, 0.5) is 0 Å². The SMILES string of the molecule is COCc1cc(OPI)cc(O)c1C=O. The van der Waals surface area contributed by atoms with Crippen molar-refractivity contribution < 1.29 is 19.2 Å². The van der Waals surface area contributed by atoms with E-state index >= 15 is 0 Å². The summed E-state index contributed by atoms with van der Waals surface area (Å²) >= 11 is 2.08. The molecule has 0 aliphatic rings. The van der Waals surface area contributed by atoms with Gasteiger partial charge in [0, 0.05) is 13.2 Å². The van der Waals surface area contributed by atoms with Crippen LogP contribution in [-0.4, -0.2) is 18.5 Å². The van der Waals surface area contributed by atoms with Crippen molar-refractivity contribution >= 4 is 34.8 Å². The summed E-state index contributed by atoms with van der Waals surface area (Å²) < 4.78 is 10.2. The Morgan fingerprint density at radius 1 is 1.60 bits per heavy atom. The van der Waals surface area contributed by atoms with Gasteiger partial charge in [-0.2, -0.15) is 0 Å². The number of halogens is 1. The summed E-state index contributed by atoms with van der Waals surface area (Å²) in [5.41, 5.74) is 0.873. The second-order valence-corrected chi connectivity index (χ2v) is 4.42. The zero-order chi connectivity index (χ0) is 11.3. The van der Waals surface area contributed by atoms with E-state index in [0.29, 0.717) is 17.6 Å². The van der Waals surface area contributed by atoms with Gasteiger partial charge in [0.05, 0.1) is 12.2 Å². The Balaban J connectivity index is 3.12. The Morgan fingerprint density at radius 2 is 2.33 bits per heavy atom. The van der Waals surface area contributed by atoms with Crippen molar-refractivity contribution in [2.24, 2.45) is 0 Å². The lowest BCUT2D eigenvalue weighted by molar-refractivity contribution is 0.111. The van der Waals surface area contributed by atoms with Gasteiger partial charge in [0.15, 0.2) is 6.29 Å². The van der Waals surface area contributed by atoms with Crippen LogP contribution < -0.4 is 4.52 Å². The fourth-order valence-electron chi connectivity index (χ4n) is 1.18. The standard InChI is InChI=1S/C9H10IO4P/c1-13-5-6-2-7(14-15-10)3-9(12)8(6)4-11/h2-4,12,15H,5H2,1H3. The summed E-state index contributed by atoms with van der Waals surface area (Å²) in [5.74, 6) is 0.460. The molecule has 0 radical (unpaired) electrons. The number of hydrogen-bond acceptors (Lipinski definition) is 4. The predicted octanol–water partition coefficient (Wildman–Crippen LogP) is 2.67. The first-order valence-electron chi connectivity index (χ1n) is 4.05. The number of ether oxygens (including phenoxy) is 1. The Labute approximate surface area is 102 Å². The number of carbonyl (C=O) groups is 1. The third kappa shape index (κ3) is 3.29. The first kappa shape index (κ1) is 12.7. The number of phenols is 1. The number of hydrogen-bond donors (Lipinski definition) is 1. The van der Waals surface area contributed by atoms with Gasteiger partial charge in [-0.15, -0.1) is 0 Å². The molecule has 1 aromatic rings. The molecule has 0 aromatic heterocycles. The van der Waals surface area contributed by atoms with E-state index in [1.165, 1.54) is 13.2 Å². The van der Waals surface area contributed by atoms with E-state index in [9.17, 15) is 9.90 Å². The van der Waals surface area contributed by atoms with Gasteiger partial charge in [-0.3, -0.25) is 4.79 Å². The molecule has 82 valence electrons. The summed E-state index contributed by atoms with van der Waals surface area (Å²) in [5, 5.41) is 9.56. The molecule has 15 heavy (non-hydrogen) atoms. The van der Waals surface area contributed by atoms with E-state index in [-0.39, 0.29) is 24.4 Å². The van der Waals surface area contributed by atoms with Crippen LogP contribution in [0.3, 0.4) is 0 Å². The minimum atomic E-state index is -0.0794. The van der Waals surface area contributed by atoms with Gasteiger partial charge in [-0.25, -0.2) is 0 Å². The molecule has 0 bridgehead atoms. The van der Waals surface area contributed by atoms with Crippen LogP contribution >= 0.6 is 28.5 Å². The summed E-state index contributed by atoms with van der Waals surface area (Å²) in [7, 11) is 1.53. The molecule has 4 nitrogen and oxygen atoms in total. The molecule has 1 unspecified atom stereocenters. The maximum Gasteiger partial charge on any atom is 0.154 e. The van der Waals surface area contributed by atoms with Crippen molar-refractivity contribution in [3.05, 3.63) is 23.3 Å². The van der Waals surface area contributed by atoms with Crippen LogP contribution in [0.5, 0.6) is 11.5 Å². The van der Waals surface area contributed by atoms with E-state index in [4.69, 9.17) is 9.26 Å². The van der Waals surface area contributed by atoms with Crippen LogP contribution in [0.25, 0.3) is 0 Å². The second kappa shape index (κ2) is 6.25. The van der Waals surface area contributed by atoms with Gasteiger partial charge in [0.25, 0.3) is 0 Å². The summed E-state index contributed by atoms with van der Waals surface area (Å²) in [4.78, 5) is 10.7. The number of carbonyl (C=O) groups excluding carboxylic acids is 1. The lowest BCUT2D eigenvalue weighted by Crippen LogP contribution is -1.96. The Morgan fingerprint density at radius 3 is 2.87 bits per heavy atom. The molecule has 0 aliphatic carbocycles. The van der Waals surface area contributed by atoms with Crippen molar-refractivity contribution in [2.75, 3.05) is 7.11 Å². The quantitative estimate of drug-likeness (QED) is 0.509. The smallest absolute Gasteiger partial charge is 0.154 e. The summed E-state index contributed by atoms with van der Waals surface area (Å²) in [6.07, 6.45) is 0.611. The van der Waals surface area contributed by atoms with Crippen molar-refractivity contribution in [1.29, 1.82) is 0 Å². The molecule has 6 heteroatoms. The average Bonchev–Trinajstić information content (AvgIpc) is 2.18. The number of benzene rings is 1. The molecule has 1 N–H and O–H groups in total. The maximum absolute atomic E-state index is 10.7. The maximum atomic E-state index is 10.7. The van der Waals surface area contributed by atoms with Gasteiger partial charge in [-0.05, 0) is 33.7 Å². The molecular weight excluding hydrogens is 330 g/mol. The molecule has 0 aliphatic heterocycles. The number of methoxy groups -OCH3 is 1. The van der Waals surface area contributed by atoms with Gasteiger partial charge >= 0.3 is 0 Å².